The molecule has 0 amide bonds. The van der Waals surface area contributed by atoms with Crippen LogP contribution >= 0.6 is 11.3 Å². The van der Waals surface area contributed by atoms with Crippen LogP contribution in [0, 0.1) is 5.92 Å². The lowest BCUT2D eigenvalue weighted by atomic mass is 9.83. The minimum absolute atomic E-state index is 0.571. The molecule has 3 nitrogen and oxygen atoms in total. The summed E-state index contributed by atoms with van der Waals surface area (Å²) in [5, 5.41) is 3.63. The molecule has 0 bridgehead atoms. The molecule has 0 unspecified atom stereocenters. The van der Waals surface area contributed by atoms with Gasteiger partial charge in [-0.1, -0.05) is 19.8 Å². The second-order valence-corrected chi connectivity index (χ2v) is 6.76. The van der Waals surface area contributed by atoms with E-state index < -0.39 is 0 Å². The highest BCUT2D eigenvalue weighted by atomic mass is 32.1. The summed E-state index contributed by atoms with van der Waals surface area (Å²) in [6, 6.07) is 4.80. The summed E-state index contributed by atoms with van der Waals surface area (Å²) in [6.07, 6.45) is 7.93. The van der Waals surface area contributed by atoms with E-state index in [4.69, 9.17) is 5.73 Å². The second kappa shape index (κ2) is 6.00. The minimum atomic E-state index is 0.571. The van der Waals surface area contributed by atoms with Gasteiger partial charge in [0, 0.05) is 6.04 Å². The molecule has 1 fully saturated rings. The maximum absolute atomic E-state index is 6.24. The number of rotatable bonds is 4. The summed E-state index contributed by atoms with van der Waals surface area (Å²) < 4.78 is 1.17. The molecule has 0 saturated heterocycles. The van der Waals surface area contributed by atoms with Crippen LogP contribution in [0.3, 0.4) is 0 Å². The van der Waals surface area contributed by atoms with Gasteiger partial charge in [0.15, 0.2) is 0 Å². The van der Waals surface area contributed by atoms with Crippen molar-refractivity contribution >= 4 is 32.9 Å². The van der Waals surface area contributed by atoms with Gasteiger partial charge in [-0.2, -0.15) is 0 Å². The highest BCUT2D eigenvalue weighted by Crippen LogP contribution is 2.33. The van der Waals surface area contributed by atoms with Crippen molar-refractivity contribution in [3.05, 3.63) is 17.6 Å². The molecular weight excluding hydrogens is 266 g/mol. The second-order valence-electron chi connectivity index (χ2n) is 5.88. The topological polar surface area (TPSA) is 50.9 Å². The van der Waals surface area contributed by atoms with Crippen LogP contribution in [0.15, 0.2) is 17.6 Å². The van der Waals surface area contributed by atoms with Gasteiger partial charge in [0.2, 0.25) is 0 Å². The molecular formula is C16H23N3S. The number of benzene rings is 1. The van der Waals surface area contributed by atoms with Crippen LogP contribution in [-0.4, -0.2) is 11.0 Å². The van der Waals surface area contributed by atoms with Crippen LogP contribution < -0.4 is 11.1 Å². The number of nitrogens with zero attached hydrogens (tertiary/aromatic N) is 1. The van der Waals surface area contributed by atoms with Gasteiger partial charge in [0.1, 0.15) is 5.52 Å². The Bertz CT molecular complexity index is 570. The Morgan fingerprint density at radius 1 is 1.30 bits per heavy atom. The Morgan fingerprint density at radius 2 is 2.10 bits per heavy atom. The van der Waals surface area contributed by atoms with E-state index in [0.717, 1.165) is 22.8 Å². The number of nitrogens with two attached hydrogens (primary N) is 1. The fourth-order valence-corrected chi connectivity index (χ4v) is 3.99. The summed E-state index contributed by atoms with van der Waals surface area (Å²) in [6.45, 7) is 2.29. The number of hydrogen-bond acceptors (Lipinski definition) is 4. The minimum Gasteiger partial charge on any atom is -0.395 e. The normalized spacial score (nSPS) is 23.1. The monoisotopic (exact) mass is 289 g/mol. The first kappa shape index (κ1) is 13.7. The summed E-state index contributed by atoms with van der Waals surface area (Å²) >= 11 is 1.64. The number of hydrogen-bond donors (Lipinski definition) is 2. The standard InChI is InChI=1S/C16H23N3S/c1-2-3-11-4-6-12(7-5-11)19-13-8-9-14-16(15(13)17)18-10-20-14/h8-12,19H,2-7,17H2,1H3. The average Bonchev–Trinajstić information content (AvgIpc) is 2.94. The Labute approximate surface area is 124 Å². The molecule has 1 aromatic carbocycles. The zero-order valence-corrected chi connectivity index (χ0v) is 12.9. The number of fused-ring (bicyclic) bond motifs is 1. The number of thiazole rings is 1. The third-order valence-corrected chi connectivity index (χ3v) is 5.24. The van der Waals surface area contributed by atoms with Crippen molar-refractivity contribution < 1.29 is 0 Å². The van der Waals surface area contributed by atoms with Gasteiger partial charge in [-0.25, -0.2) is 4.98 Å². The first-order valence-electron chi connectivity index (χ1n) is 7.66. The molecule has 3 rings (SSSR count). The van der Waals surface area contributed by atoms with Crippen molar-refractivity contribution in [1.82, 2.24) is 4.98 Å². The van der Waals surface area contributed by atoms with Gasteiger partial charge in [0.05, 0.1) is 21.6 Å². The van der Waals surface area contributed by atoms with E-state index in [1.807, 2.05) is 5.51 Å². The molecule has 0 radical (unpaired) electrons. The van der Waals surface area contributed by atoms with E-state index in [9.17, 15) is 0 Å². The SMILES string of the molecule is CCCC1CCC(Nc2ccc3scnc3c2N)CC1. The Balaban J connectivity index is 1.66. The van der Waals surface area contributed by atoms with Crippen molar-refractivity contribution in [3.8, 4) is 0 Å². The van der Waals surface area contributed by atoms with Crippen molar-refractivity contribution in [1.29, 1.82) is 0 Å². The summed E-state index contributed by atoms with van der Waals surface area (Å²) in [5.41, 5.74) is 10.9. The molecule has 0 atom stereocenters. The Hall–Kier alpha value is -1.29. The third kappa shape index (κ3) is 2.75. The summed E-state index contributed by atoms with van der Waals surface area (Å²) in [4.78, 5) is 4.36. The zero-order chi connectivity index (χ0) is 13.9. The number of nitrogen functional groups attached to an aromatic ring is 1. The fraction of sp³-hybridized carbons (Fsp3) is 0.562. The maximum Gasteiger partial charge on any atom is 0.106 e. The quantitative estimate of drug-likeness (QED) is 0.806. The van der Waals surface area contributed by atoms with E-state index in [1.165, 1.54) is 43.2 Å². The van der Waals surface area contributed by atoms with E-state index in [-0.39, 0.29) is 0 Å². The van der Waals surface area contributed by atoms with Gasteiger partial charge in [-0.15, -0.1) is 11.3 Å². The summed E-state index contributed by atoms with van der Waals surface area (Å²) in [5.74, 6) is 0.941. The predicted molar refractivity (Wildman–Crippen MR) is 88.3 cm³/mol. The van der Waals surface area contributed by atoms with E-state index >= 15 is 0 Å². The Morgan fingerprint density at radius 3 is 2.85 bits per heavy atom. The van der Waals surface area contributed by atoms with Crippen LogP contribution in [0.5, 0.6) is 0 Å². The third-order valence-electron chi connectivity index (χ3n) is 4.44. The summed E-state index contributed by atoms with van der Waals surface area (Å²) in [7, 11) is 0. The molecule has 1 heterocycles. The highest BCUT2D eigenvalue weighted by molar-refractivity contribution is 7.16. The molecule has 20 heavy (non-hydrogen) atoms. The highest BCUT2D eigenvalue weighted by Gasteiger charge is 2.21. The predicted octanol–water partition coefficient (Wildman–Crippen LogP) is 4.65. The zero-order valence-electron chi connectivity index (χ0n) is 12.1. The smallest absolute Gasteiger partial charge is 0.106 e. The maximum atomic E-state index is 6.24. The van der Waals surface area contributed by atoms with Gasteiger partial charge < -0.3 is 11.1 Å². The molecule has 4 heteroatoms. The van der Waals surface area contributed by atoms with Crippen molar-refractivity contribution in [3.63, 3.8) is 0 Å². The van der Waals surface area contributed by atoms with Gasteiger partial charge >= 0.3 is 0 Å². The largest absolute Gasteiger partial charge is 0.395 e. The molecule has 0 aliphatic heterocycles. The van der Waals surface area contributed by atoms with Crippen LogP contribution in [0.2, 0.25) is 0 Å². The van der Waals surface area contributed by atoms with Crippen molar-refractivity contribution in [2.24, 2.45) is 5.92 Å². The van der Waals surface area contributed by atoms with Gasteiger partial charge in [-0.05, 0) is 43.7 Å². The first-order chi connectivity index (χ1) is 9.78. The lowest BCUT2D eigenvalue weighted by Gasteiger charge is -2.30. The Kier molecular flexibility index (Phi) is 4.10. The number of aromatic nitrogens is 1. The van der Waals surface area contributed by atoms with Gasteiger partial charge in [0.25, 0.3) is 0 Å². The van der Waals surface area contributed by atoms with E-state index in [1.54, 1.807) is 11.3 Å². The van der Waals surface area contributed by atoms with E-state index in [2.05, 4.69) is 29.4 Å². The van der Waals surface area contributed by atoms with Crippen LogP contribution in [-0.2, 0) is 0 Å². The van der Waals surface area contributed by atoms with Crippen LogP contribution in [0.25, 0.3) is 10.2 Å². The lowest BCUT2D eigenvalue weighted by Crippen LogP contribution is -2.26. The van der Waals surface area contributed by atoms with E-state index in [0.29, 0.717) is 6.04 Å². The van der Waals surface area contributed by atoms with Crippen LogP contribution in [0.1, 0.15) is 45.4 Å². The molecule has 0 spiro atoms. The number of anilines is 2. The number of nitrogens with one attached hydrogen (secondary N) is 1. The fourth-order valence-electron chi connectivity index (χ4n) is 3.30. The molecule has 1 saturated carbocycles. The molecule has 3 N–H and O–H groups in total. The van der Waals surface area contributed by atoms with Crippen molar-refractivity contribution in [2.75, 3.05) is 11.1 Å². The molecule has 2 aromatic rings. The van der Waals surface area contributed by atoms with Gasteiger partial charge in [-0.3, -0.25) is 0 Å². The molecule has 1 aliphatic rings. The first-order valence-corrected chi connectivity index (χ1v) is 8.54. The lowest BCUT2D eigenvalue weighted by molar-refractivity contribution is 0.319. The van der Waals surface area contributed by atoms with Crippen molar-refractivity contribution in [2.45, 2.75) is 51.5 Å². The molecule has 108 valence electrons. The van der Waals surface area contributed by atoms with Crippen LogP contribution in [0.4, 0.5) is 11.4 Å². The average molecular weight is 289 g/mol. The molecule has 1 aliphatic carbocycles. The molecule has 1 aromatic heterocycles.